The zero-order valence-corrected chi connectivity index (χ0v) is 19.9. The third-order valence-corrected chi connectivity index (χ3v) is 6.10. The third kappa shape index (κ3) is 5.41. The molecule has 0 radical (unpaired) electrons. The SMILES string of the molecule is O=C(OCc1ccc(OCc2ccccn2)cc1)[C@H](Cc1ccccc1)N1C(=O)c2ccccc2C1=O. The van der Waals surface area contributed by atoms with E-state index in [2.05, 4.69) is 4.98 Å². The highest BCUT2D eigenvalue weighted by Gasteiger charge is 2.43. The van der Waals surface area contributed by atoms with Gasteiger partial charge in [-0.1, -0.05) is 60.7 Å². The monoisotopic (exact) mass is 492 g/mol. The smallest absolute Gasteiger partial charge is 0.330 e. The average molecular weight is 493 g/mol. The molecule has 0 aliphatic carbocycles. The van der Waals surface area contributed by atoms with E-state index in [-0.39, 0.29) is 13.0 Å². The molecule has 0 bridgehead atoms. The van der Waals surface area contributed by atoms with Crippen LogP contribution in [0.5, 0.6) is 5.75 Å². The summed E-state index contributed by atoms with van der Waals surface area (Å²) < 4.78 is 11.4. The van der Waals surface area contributed by atoms with Gasteiger partial charge in [-0.15, -0.1) is 0 Å². The number of carbonyl (C=O) groups is 3. The number of rotatable bonds is 9. The van der Waals surface area contributed by atoms with E-state index < -0.39 is 23.8 Å². The molecule has 3 aromatic carbocycles. The van der Waals surface area contributed by atoms with Gasteiger partial charge < -0.3 is 9.47 Å². The Kier molecular flexibility index (Phi) is 7.03. The Morgan fingerprint density at radius 3 is 2.03 bits per heavy atom. The molecule has 0 spiro atoms. The summed E-state index contributed by atoms with van der Waals surface area (Å²) >= 11 is 0. The molecule has 4 aromatic rings. The van der Waals surface area contributed by atoms with E-state index in [1.54, 1.807) is 54.7 Å². The molecule has 2 heterocycles. The Morgan fingerprint density at radius 2 is 1.38 bits per heavy atom. The zero-order chi connectivity index (χ0) is 25.6. The Morgan fingerprint density at radius 1 is 0.730 bits per heavy atom. The lowest BCUT2D eigenvalue weighted by atomic mass is 10.0. The first-order chi connectivity index (χ1) is 18.1. The topological polar surface area (TPSA) is 85.8 Å². The Labute approximate surface area is 214 Å². The quantitative estimate of drug-likeness (QED) is 0.251. The molecule has 0 fully saturated rings. The van der Waals surface area contributed by atoms with Gasteiger partial charge in [-0.25, -0.2) is 4.79 Å². The van der Waals surface area contributed by atoms with E-state index in [0.717, 1.165) is 21.7 Å². The molecule has 1 aliphatic heterocycles. The van der Waals surface area contributed by atoms with Crippen molar-refractivity contribution in [3.05, 3.63) is 131 Å². The molecule has 1 aromatic heterocycles. The lowest BCUT2D eigenvalue weighted by molar-refractivity contribution is -0.149. The lowest BCUT2D eigenvalue weighted by Gasteiger charge is -2.25. The van der Waals surface area contributed by atoms with Crippen molar-refractivity contribution < 1.29 is 23.9 Å². The largest absolute Gasteiger partial charge is 0.487 e. The van der Waals surface area contributed by atoms with Gasteiger partial charge in [-0.2, -0.15) is 0 Å². The van der Waals surface area contributed by atoms with Crippen molar-refractivity contribution in [1.29, 1.82) is 0 Å². The summed E-state index contributed by atoms with van der Waals surface area (Å²) in [5, 5.41) is 0. The molecule has 2 amide bonds. The zero-order valence-electron chi connectivity index (χ0n) is 19.9. The van der Waals surface area contributed by atoms with Crippen LogP contribution in [-0.2, 0) is 29.2 Å². The molecule has 0 saturated heterocycles. The number of amides is 2. The Bertz CT molecular complexity index is 1370. The van der Waals surface area contributed by atoms with Crippen LogP contribution < -0.4 is 4.74 Å². The number of nitrogens with zero attached hydrogens (tertiary/aromatic N) is 2. The number of ether oxygens (including phenoxy) is 2. The third-order valence-electron chi connectivity index (χ3n) is 6.10. The van der Waals surface area contributed by atoms with Crippen LogP contribution in [0.25, 0.3) is 0 Å². The van der Waals surface area contributed by atoms with Gasteiger partial charge in [0, 0.05) is 12.6 Å². The number of esters is 1. The number of carbonyl (C=O) groups excluding carboxylic acids is 3. The first kappa shape index (κ1) is 23.9. The van der Waals surface area contributed by atoms with E-state index in [9.17, 15) is 14.4 Å². The second kappa shape index (κ2) is 10.9. The van der Waals surface area contributed by atoms with Gasteiger partial charge in [0.25, 0.3) is 11.8 Å². The molecular formula is C30H24N2O5. The van der Waals surface area contributed by atoms with Crippen LogP contribution in [0, 0.1) is 0 Å². The van der Waals surface area contributed by atoms with Crippen molar-refractivity contribution in [1.82, 2.24) is 9.88 Å². The highest BCUT2D eigenvalue weighted by Crippen LogP contribution is 2.27. The molecular weight excluding hydrogens is 468 g/mol. The summed E-state index contributed by atoms with van der Waals surface area (Å²) in [5.41, 5.74) is 2.97. The number of hydrogen-bond donors (Lipinski definition) is 0. The average Bonchev–Trinajstić information content (AvgIpc) is 3.20. The lowest BCUT2D eigenvalue weighted by Crippen LogP contribution is -2.47. The second-order valence-electron chi connectivity index (χ2n) is 8.59. The van der Waals surface area contributed by atoms with Crippen LogP contribution in [0.1, 0.15) is 37.5 Å². The highest BCUT2D eigenvalue weighted by atomic mass is 16.5. The molecule has 0 saturated carbocycles. The van der Waals surface area contributed by atoms with Crippen molar-refractivity contribution in [2.45, 2.75) is 25.7 Å². The normalized spacial score (nSPS) is 13.2. The van der Waals surface area contributed by atoms with E-state index in [4.69, 9.17) is 9.47 Å². The van der Waals surface area contributed by atoms with Gasteiger partial charge in [0.2, 0.25) is 0 Å². The van der Waals surface area contributed by atoms with Crippen LogP contribution in [0.4, 0.5) is 0 Å². The molecule has 184 valence electrons. The summed E-state index contributed by atoms with van der Waals surface area (Å²) in [6.07, 6.45) is 1.87. The van der Waals surface area contributed by atoms with Crippen LogP contribution in [0.2, 0.25) is 0 Å². The molecule has 1 atom stereocenters. The maximum atomic E-state index is 13.3. The molecule has 0 unspecified atom stereocenters. The number of fused-ring (bicyclic) bond motifs is 1. The van der Waals surface area contributed by atoms with Crippen LogP contribution >= 0.6 is 0 Å². The van der Waals surface area contributed by atoms with Crippen molar-refractivity contribution in [3.63, 3.8) is 0 Å². The van der Waals surface area contributed by atoms with E-state index >= 15 is 0 Å². The standard InChI is InChI=1S/C30H24N2O5/c33-28-25-11-4-5-12-26(25)29(34)32(28)27(18-21-8-2-1-3-9-21)30(35)37-19-22-13-15-24(16-14-22)36-20-23-10-6-7-17-31-23/h1-17,27H,18-20H2/t27-/m0/s1. The fourth-order valence-corrected chi connectivity index (χ4v) is 4.18. The Balaban J connectivity index is 1.27. The predicted molar refractivity (Wildman–Crippen MR) is 136 cm³/mol. The minimum Gasteiger partial charge on any atom is -0.487 e. The number of pyridine rings is 1. The summed E-state index contributed by atoms with van der Waals surface area (Å²) in [6.45, 7) is 0.338. The van der Waals surface area contributed by atoms with Crippen molar-refractivity contribution in [2.75, 3.05) is 0 Å². The van der Waals surface area contributed by atoms with E-state index in [0.29, 0.717) is 23.5 Å². The number of imide groups is 1. The van der Waals surface area contributed by atoms with Gasteiger partial charge in [-0.05, 0) is 47.5 Å². The van der Waals surface area contributed by atoms with E-state index in [1.807, 2.05) is 48.5 Å². The molecule has 0 N–H and O–H groups in total. The molecule has 7 heteroatoms. The number of hydrogen-bond acceptors (Lipinski definition) is 6. The van der Waals surface area contributed by atoms with Gasteiger partial charge in [-0.3, -0.25) is 19.5 Å². The molecule has 1 aliphatic rings. The number of benzene rings is 3. The minimum absolute atomic E-state index is 0.00614. The fourth-order valence-electron chi connectivity index (χ4n) is 4.18. The van der Waals surface area contributed by atoms with Gasteiger partial charge in [0.05, 0.1) is 16.8 Å². The van der Waals surface area contributed by atoms with Crippen molar-refractivity contribution in [3.8, 4) is 5.75 Å². The Hall–Kier alpha value is -4.78. The van der Waals surface area contributed by atoms with Crippen molar-refractivity contribution >= 4 is 17.8 Å². The van der Waals surface area contributed by atoms with E-state index in [1.165, 1.54) is 0 Å². The first-order valence-electron chi connectivity index (χ1n) is 11.9. The van der Waals surface area contributed by atoms with Crippen LogP contribution in [0.3, 0.4) is 0 Å². The summed E-state index contributed by atoms with van der Waals surface area (Å²) in [7, 11) is 0. The minimum atomic E-state index is -1.09. The maximum Gasteiger partial charge on any atom is 0.330 e. The van der Waals surface area contributed by atoms with Gasteiger partial charge in [0.15, 0.2) is 0 Å². The molecule has 5 rings (SSSR count). The molecule has 37 heavy (non-hydrogen) atoms. The van der Waals surface area contributed by atoms with Gasteiger partial charge in [0.1, 0.15) is 25.0 Å². The van der Waals surface area contributed by atoms with Crippen LogP contribution in [0.15, 0.2) is 103 Å². The maximum absolute atomic E-state index is 13.3. The summed E-state index contributed by atoms with van der Waals surface area (Å²) in [4.78, 5) is 44.7. The first-order valence-corrected chi connectivity index (χ1v) is 11.9. The fraction of sp³-hybridized carbons (Fsp3) is 0.133. The van der Waals surface area contributed by atoms with Crippen molar-refractivity contribution in [2.24, 2.45) is 0 Å². The van der Waals surface area contributed by atoms with Gasteiger partial charge >= 0.3 is 5.97 Å². The predicted octanol–water partition coefficient (Wildman–Crippen LogP) is 4.61. The second-order valence-corrected chi connectivity index (χ2v) is 8.59. The highest BCUT2D eigenvalue weighted by molar-refractivity contribution is 6.22. The summed E-state index contributed by atoms with van der Waals surface area (Å²) in [5.74, 6) is -0.969. The molecule has 7 nitrogen and oxygen atoms in total. The summed E-state index contributed by atoms with van der Waals surface area (Å²) in [6, 6.07) is 27.6. The van der Waals surface area contributed by atoms with Crippen LogP contribution in [-0.4, -0.2) is 33.7 Å². The number of aromatic nitrogens is 1.